The summed E-state index contributed by atoms with van der Waals surface area (Å²) in [5.41, 5.74) is 0.180. The number of hydrogen-bond acceptors (Lipinski definition) is 6. The van der Waals surface area contributed by atoms with E-state index < -0.39 is 29.9 Å². The lowest BCUT2D eigenvalue weighted by Crippen LogP contribution is -2.66. The number of hydrogen-bond donors (Lipinski definition) is 1. The van der Waals surface area contributed by atoms with Gasteiger partial charge in [-0.3, -0.25) is 9.69 Å². The van der Waals surface area contributed by atoms with Crippen LogP contribution in [0.25, 0.3) is 0 Å². The Kier molecular flexibility index (Phi) is 6.65. The third kappa shape index (κ3) is 6.16. The largest absolute Gasteiger partial charge is 0.469 e. The number of amides is 2. The van der Waals surface area contributed by atoms with Crippen LogP contribution in [0.15, 0.2) is 30.3 Å². The molecule has 1 heterocycles. The number of likely N-dealkylation sites (tertiary alicyclic amines) is 1. The quantitative estimate of drug-likeness (QED) is 0.625. The maximum absolute atomic E-state index is 12.3. The molecular formula is C19H26N2O6. The molecule has 0 aliphatic carbocycles. The lowest BCUT2D eigenvalue weighted by molar-refractivity contribution is -0.145. The molecule has 1 N–H and O–H groups in total. The molecule has 0 saturated carbocycles. The Hall–Kier alpha value is -2.77. The number of benzene rings is 1. The smallest absolute Gasteiger partial charge is 0.411 e. The zero-order chi connectivity index (χ0) is 20.0. The number of carbonyl (C=O) groups excluding carboxylic acids is 3. The average molecular weight is 378 g/mol. The maximum Gasteiger partial charge on any atom is 0.411 e. The third-order valence-electron chi connectivity index (χ3n) is 3.98. The van der Waals surface area contributed by atoms with Gasteiger partial charge in [0.1, 0.15) is 18.4 Å². The summed E-state index contributed by atoms with van der Waals surface area (Å²) in [4.78, 5) is 37.4. The number of esters is 1. The summed E-state index contributed by atoms with van der Waals surface area (Å²) in [5.74, 6) is -0.678. The van der Waals surface area contributed by atoms with Crippen molar-refractivity contribution in [2.75, 3.05) is 13.7 Å². The molecule has 1 aromatic carbocycles. The molecule has 8 heteroatoms. The number of nitrogens with zero attached hydrogens (tertiary/aromatic N) is 1. The SMILES string of the molecule is COC(=O)C[C@H]1CN(C(=O)OC(C)(C)C)[C@@H]1NC(=O)OCc1ccccc1. The van der Waals surface area contributed by atoms with Gasteiger partial charge in [-0.05, 0) is 26.3 Å². The Morgan fingerprint density at radius 2 is 1.85 bits per heavy atom. The van der Waals surface area contributed by atoms with Crippen LogP contribution in [-0.2, 0) is 25.6 Å². The van der Waals surface area contributed by atoms with E-state index in [1.165, 1.54) is 12.0 Å². The summed E-state index contributed by atoms with van der Waals surface area (Å²) in [7, 11) is 1.29. The maximum atomic E-state index is 12.3. The second kappa shape index (κ2) is 8.75. The van der Waals surface area contributed by atoms with E-state index in [1.54, 1.807) is 20.8 Å². The topological polar surface area (TPSA) is 94.2 Å². The number of nitrogens with one attached hydrogen (secondary N) is 1. The lowest BCUT2D eigenvalue weighted by atomic mass is 9.92. The standard InChI is InChI=1S/C19H26N2O6/c1-19(2,3)27-18(24)21-11-14(10-15(22)25-4)16(21)20-17(23)26-12-13-8-6-5-7-9-13/h5-9,14,16H,10-12H2,1-4H3,(H,20,23)/t14-,16-/m0/s1. The van der Waals surface area contributed by atoms with Crippen LogP contribution in [0.4, 0.5) is 9.59 Å². The van der Waals surface area contributed by atoms with E-state index in [0.29, 0.717) is 0 Å². The van der Waals surface area contributed by atoms with Gasteiger partial charge in [0.25, 0.3) is 0 Å². The van der Waals surface area contributed by atoms with Crippen molar-refractivity contribution in [3.05, 3.63) is 35.9 Å². The summed E-state index contributed by atoms with van der Waals surface area (Å²) in [6.07, 6.45) is -1.84. The summed E-state index contributed by atoms with van der Waals surface area (Å²) in [6, 6.07) is 9.24. The number of methoxy groups -OCH3 is 1. The fraction of sp³-hybridized carbons (Fsp3) is 0.526. The van der Waals surface area contributed by atoms with E-state index in [-0.39, 0.29) is 25.5 Å². The van der Waals surface area contributed by atoms with Crippen LogP contribution in [0, 0.1) is 5.92 Å². The van der Waals surface area contributed by atoms with Crippen molar-refractivity contribution in [3.8, 4) is 0 Å². The molecule has 8 nitrogen and oxygen atoms in total. The fourth-order valence-electron chi connectivity index (χ4n) is 2.65. The molecule has 0 bridgehead atoms. The van der Waals surface area contributed by atoms with Gasteiger partial charge in [0.15, 0.2) is 0 Å². The van der Waals surface area contributed by atoms with Crippen molar-refractivity contribution in [1.29, 1.82) is 0 Å². The molecule has 1 aliphatic heterocycles. The third-order valence-corrected chi connectivity index (χ3v) is 3.98. The van der Waals surface area contributed by atoms with Crippen LogP contribution >= 0.6 is 0 Å². The minimum atomic E-state index is -0.692. The average Bonchev–Trinajstić information content (AvgIpc) is 2.60. The van der Waals surface area contributed by atoms with Crippen LogP contribution in [-0.4, -0.2) is 48.5 Å². The van der Waals surface area contributed by atoms with Gasteiger partial charge in [0.05, 0.1) is 13.5 Å². The van der Waals surface area contributed by atoms with Gasteiger partial charge in [-0.15, -0.1) is 0 Å². The highest BCUT2D eigenvalue weighted by Gasteiger charge is 2.46. The van der Waals surface area contributed by atoms with Crippen molar-refractivity contribution in [2.24, 2.45) is 5.92 Å². The number of carbonyl (C=O) groups is 3. The first-order valence-corrected chi connectivity index (χ1v) is 8.73. The van der Waals surface area contributed by atoms with E-state index in [4.69, 9.17) is 9.47 Å². The first-order valence-electron chi connectivity index (χ1n) is 8.73. The second-order valence-electron chi connectivity index (χ2n) is 7.32. The molecule has 1 fully saturated rings. The molecular weight excluding hydrogens is 352 g/mol. The van der Waals surface area contributed by atoms with Gasteiger partial charge >= 0.3 is 18.2 Å². The molecule has 2 atom stereocenters. The highest BCUT2D eigenvalue weighted by molar-refractivity contribution is 5.74. The number of rotatable bonds is 5. The van der Waals surface area contributed by atoms with E-state index in [9.17, 15) is 14.4 Å². The van der Waals surface area contributed by atoms with Crippen molar-refractivity contribution in [1.82, 2.24) is 10.2 Å². The molecule has 1 aromatic rings. The molecule has 0 spiro atoms. The van der Waals surface area contributed by atoms with Crippen LogP contribution < -0.4 is 5.32 Å². The van der Waals surface area contributed by atoms with E-state index in [0.717, 1.165) is 5.56 Å². The summed E-state index contributed by atoms with van der Waals surface area (Å²) in [5, 5.41) is 2.64. The zero-order valence-electron chi connectivity index (χ0n) is 16.1. The first kappa shape index (κ1) is 20.5. The molecule has 0 aromatic heterocycles. The van der Waals surface area contributed by atoms with Crippen molar-refractivity contribution in [3.63, 3.8) is 0 Å². The van der Waals surface area contributed by atoms with E-state index in [2.05, 4.69) is 10.1 Å². The van der Waals surface area contributed by atoms with Crippen molar-refractivity contribution < 1.29 is 28.6 Å². The normalized spacial score (nSPS) is 18.9. The van der Waals surface area contributed by atoms with E-state index in [1.807, 2.05) is 30.3 Å². The van der Waals surface area contributed by atoms with Gasteiger partial charge in [-0.2, -0.15) is 0 Å². The van der Waals surface area contributed by atoms with Crippen molar-refractivity contribution >= 4 is 18.2 Å². The van der Waals surface area contributed by atoms with E-state index >= 15 is 0 Å². The van der Waals surface area contributed by atoms with Gasteiger partial charge in [0, 0.05) is 12.5 Å². The Balaban J connectivity index is 1.96. The van der Waals surface area contributed by atoms with Crippen LogP contribution in [0.5, 0.6) is 0 Å². The number of alkyl carbamates (subject to hydrolysis) is 1. The highest BCUT2D eigenvalue weighted by atomic mass is 16.6. The Morgan fingerprint density at radius 1 is 1.19 bits per heavy atom. The van der Waals surface area contributed by atoms with Gasteiger partial charge in [-0.25, -0.2) is 9.59 Å². The predicted molar refractivity (Wildman–Crippen MR) is 96.6 cm³/mol. The molecule has 27 heavy (non-hydrogen) atoms. The molecule has 148 valence electrons. The van der Waals surface area contributed by atoms with Crippen molar-refractivity contribution in [2.45, 2.75) is 45.6 Å². The minimum Gasteiger partial charge on any atom is -0.469 e. The van der Waals surface area contributed by atoms with Crippen LogP contribution in [0.1, 0.15) is 32.8 Å². The Bertz CT molecular complexity index is 671. The number of ether oxygens (including phenoxy) is 3. The van der Waals surface area contributed by atoms with Gasteiger partial charge in [0.2, 0.25) is 0 Å². The van der Waals surface area contributed by atoms with Gasteiger partial charge < -0.3 is 19.5 Å². The van der Waals surface area contributed by atoms with Gasteiger partial charge in [-0.1, -0.05) is 30.3 Å². The predicted octanol–water partition coefficient (Wildman–Crippen LogP) is 2.67. The zero-order valence-corrected chi connectivity index (χ0v) is 16.1. The molecule has 1 saturated heterocycles. The minimum absolute atomic E-state index is 0.0828. The molecule has 0 unspecified atom stereocenters. The Labute approximate surface area is 158 Å². The highest BCUT2D eigenvalue weighted by Crippen LogP contribution is 2.28. The van der Waals surface area contributed by atoms with Crippen LogP contribution in [0.3, 0.4) is 0 Å². The summed E-state index contributed by atoms with van der Waals surface area (Å²) in [6.45, 7) is 5.66. The first-order chi connectivity index (χ1) is 12.7. The molecule has 0 radical (unpaired) electrons. The fourth-order valence-corrected chi connectivity index (χ4v) is 2.65. The molecule has 1 aliphatic rings. The molecule has 2 rings (SSSR count). The van der Waals surface area contributed by atoms with Crippen LogP contribution in [0.2, 0.25) is 0 Å². The Morgan fingerprint density at radius 3 is 2.44 bits per heavy atom. The summed E-state index contributed by atoms with van der Waals surface area (Å²) >= 11 is 0. The molecule has 2 amide bonds. The lowest BCUT2D eigenvalue weighted by Gasteiger charge is -2.47. The second-order valence-corrected chi connectivity index (χ2v) is 7.32. The summed E-state index contributed by atoms with van der Waals surface area (Å²) < 4.78 is 15.2. The monoisotopic (exact) mass is 378 g/mol.